The van der Waals surface area contributed by atoms with Crippen molar-refractivity contribution in [2.24, 2.45) is 0 Å². The van der Waals surface area contributed by atoms with Gasteiger partial charge in [0.1, 0.15) is 12.1 Å². The number of aromatic nitrogens is 10. The first-order valence-corrected chi connectivity index (χ1v) is 44.1. The Balaban J connectivity index is 0.569. The molecule has 24 aromatic rings. The number of nitriles is 2. The zero-order chi connectivity index (χ0) is 87.1. The van der Waals surface area contributed by atoms with Crippen LogP contribution in [0.4, 0.5) is 0 Å². The standard InChI is InChI=1S/C119H74N12/c1-119(2)99-41-20-15-36-89(99)90-59-57-88(70-100(90)119)129-106-45-24-19-40-97(106)110-108(129)65-61-94-92-38-17-22-43-104(92)131(112(94)110)102-63-56-84(68-86(102)72-121)117-123-113(77-30-11-5-12-31-77)126-118(127-117)95-58-54-82(69-98(95)76-28-9-4-10-29-76)81-33-25-32-80(66-81)75-48-52-79(53-49-75)115-122-114(78-50-46-74(47-51-78)73-26-7-3-8-27-73)124-116(125-115)83-55-62-101(85(67-83)71-120)130-103-42-21-16-37-91(103)93-60-64-107-109(111(93)130)96-39-18-23-44-105(96)128(107)87-34-13-6-14-35-87/h3-70H,1-2H3. The van der Waals surface area contributed by atoms with Crippen LogP contribution in [-0.2, 0) is 5.41 Å². The number of rotatable bonds is 14. The van der Waals surface area contributed by atoms with Crippen LogP contribution in [0.3, 0.4) is 0 Å². The van der Waals surface area contributed by atoms with Crippen molar-refractivity contribution in [1.29, 1.82) is 10.5 Å². The lowest BCUT2D eigenvalue weighted by Gasteiger charge is -2.22. The van der Waals surface area contributed by atoms with Gasteiger partial charge < -0.3 is 18.3 Å². The lowest BCUT2D eigenvalue weighted by Crippen LogP contribution is -2.15. The Morgan fingerprint density at radius 2 is 0.573 bits per heavy atom. The number of hydrogen-bond acceptors (Lipinski definition) is 8. The minimum Gasteiger partial charge on any atom is -0.309 e. The van der Waals surface area contributed by atoms with Gasteiger partial charge in [-0.1, -0.05) is 311 Å². The predicted molar refractivity (Wildman–Crippen MR) is 532 cm³/mol. The van der Waals surface area contributed by atoms with Crippen LogP contribution in [0.2, 0.25) is 0 Å². The van der Waals surface area contributed by atoms with E-state index in [0.717, 1.165) is 177 Å². The molecular formula is C119H74N12. The van der Waals surface area contributed by atoms with Crippen LogP contribution in [0, 0.1) is 22.7 Å². The van der Waals surface area contributed by atoms with Gasteiger partial charge >= 0.3 is 0 Å². The number of fused-ring (bicyclic) bond motifs is 17. The highest BCUT2D eigenvalue weighted by atomic mass is 15.1. The van der Waals surface area contributed by atoms with Crippen molar-refractivity contribution in [2.45, 2.75) is 19.3 Å². The van der Waals surface area contributed by atoms with Crippen LogP contribution in [-0.4, -0.2) is 48.2 Å². The van der Waals surface area contributed by atoms with E-state index in [1.165, 1.54) is 22.3 Å². The first-order valence-electron chi connectivity index (χ1n) is 44.1. The molecule has 0 saturated carbocycles. The summed E-state index contributed by atoms with van der Waals surface area (Å²) in [4.78, 5) is 31.9. The van der Waals surface area contributed by atoms with Crippen molar-refractivity contribution in [1.82, 2.24) is 48.2 Å². The average molecular weight is 1670 g/mol. The van der Waals surface area contributed by atoms with E-state index >= 15 is 0 Å². The van der Waals surface area contributed by atoms with E-state index in [-0.39, 0.29) is 5.41 Å². The van der Waals surface area contributed by atoms with Crippen LogP contribution in [0.5, 0.6) is 0 Å². The van der Waals surface area contributed by atoms with Gasteiger partial charge in [0.2, 0.25) is 0 Å². The number of hydrogen-bond donors (Lipinski definition) is 0. The Morgan fingerprint density at radius 3 is 1.10 bits per heavy atom. The largest absolute Gasteiger partial charge is 0.309 e. The summed E-state index contributed by atoms with van der Waals surface area (Å²) in [5.41, 5.74) is 30.7. The summed E-state index contributed by atoms with van der Waals surface area (Å²) in [6.07, 6.45) is 0. The molecule has 25 rings (SSSR count). The van der Waals surface area contributed by atoms with Gasteiger partial charge in [-0.15, -0.1) is 0 Å². The molecule has 1 aliphatic rings. The molecule has 0 bridgehead atoms. The lowest BCUT2D eigenvalue weighted by molar-refractivity contribution is 0.660. The minimum atomic E-state index is -0.186. The Bertz CT molecular complexity index is 8940. The van der Waals surface area contributed by atoms with Crippen molar-refractivity contribution in [3.05, 3.63) is 435 Å². The van der Waals surface area contributed by atoms with Crippen molar-refractivity contribution >= 4 is 87.2 Å². The number of para-hydroxylation sites is 5. The molecule has 1 aliphatic carbocycles. The zero-order valence-corrected chi connectivity index (χ0v) is 71.1. The van der Waals surface area contributed by atoms with Crippen LogP contribution < -0.4 is 0 Å². The summed E-state index contributed by atoms with van der Waals surface area (Å²) in [5, 5.41) is 31.9. The molecular weight excluding hydrogens is 1600 g/mol. The third-order valence-corrected chi connectivity index (χ3v) is 26.6. The maximum absolute atomic E-state index is 11.6. The topological polar surface area (TPSA) is 145 Å². The number of nitrogens with zero attached hydrogens (tertiary/aromatic N) is 12. The summed E-state index contributed by atoms with van der Waals surface area (Å²) in [6, 6.07) is 150. The maximum Gasteiger partial charge on any atom is 0.164 e. The average Bonchev–Trinajstić information content (AvgIpc) is 1.54. The van der Waals surface area contributed by atoms with Crippen LogP contribution >= 0.6 is 0 Å². The molecule has 0 unspecified atom stereocenters. The Hall–Kier alpha value is -17.8. The molecule has 0 atom stereocenters. The predicted octanol–water partition coefficient (Wildman–Crippen LogP) is 29.2. The Kier molecular flexibility index (Phi) is 17.5. The SMILES string of the molecule is CC1(C)c2ccccc2-c2ccc(-n3c4ccccc4c4c3ccc3c5ccccc5n(-c5ccc(-c6nc(-c7ccccc7)nc(-c7ccc(-c8cccc(-c9ccc(-c%10nc(-c%11ccc(-c%12ccccc%12)cc%11)nc(-c%11ccc(-n%12c%13ccccc%13c%13ccc%14c(c%15ccccc%15n%14-c%14ccccc%14)c%13%12)c(C#N)c%11)n%10)cc9)c8)cc7-c7ccccc7)n6)cc5C#N)c34)cc21. The third kappa shape index (κ3) is 12.3. The van der Waals surface area contributed by atoms with E-state index in [1.54, 1.807) is 0 Å². The summed E-state index contributed by atoms with van der Waals surface area (Å²) in [5.74, 6) is 2.83. The summed E-state index contributed by atoms with van der Waals surface area (Å²) < 4.78 is 9.32. The second kappa shape index (κ2) is 30.2. The first kappa shape index (κ1) is 75.7. The monoisotopic (exact) mass is 1670 g/mol. The third-order valence-electron chi connectivity index (χ3n) is 26.6. The molecule has 6 heterocycles. The van der Waals surface area contributed by atoms with Crippen molar-refractivity contribution in [3.63, 3.8) is 0 Å². The van der Waals surface area contributed by atoms with Gasteiger partial charge in [-0.3, -0.25) is 0 Å². The highest BCUT2D eigenvalue weighted by Gasteiger charge is 2.36. The molecule has 131 heavy (non-hydrogen) atoms. The normalized spacial score (nSPS) is 12.2. The van der Waals surface area contributed by atoms with E-state index in [4.69, 9.17) is 29.9 Å². The lowest BCUT2D eigenvalue weighted by atomic mass is 9.82. The Morgan fingerprint density at radius 1 is 0.214 bits per heavy atom. The quantitative estimate of drug-likeness (QED) is 0.105. The molecule has 610 valence electrons. The van der Waals surface area contributed by atoms with Gasteiger partial charge in [-0.25, -0.2) is 29.9 Å². The van der Waals surface area contributed by atoms with Crippen LogP contribution in [0.25, 0.3) is 234 Å². The van der Waals surface area contributed by atoms with Gasteiger partial charge in [0.15, 0.2) is 34.9 Å². The van der Waals surface area contributed by atoms with Crippen molar-refractivity contribution < 1.29 is 0 Å². The van der Waals surface area contributed by atoms with Crippen LogP contribution in [0.1, 0.15) is 36.1 Å². The molecule has 0 radical (unpaired) electrons. The van der Waals surface area contributed by atoms with Crippen molar-refractivity contribution in [2.75, 3.05) is 0 Å². The van der Waals surface area contributed by atoms with Gasteiger partial charge in [0.25, 0.3) is 0 Å². The molecule has 0 aliphatic heterocycles. The van der Waals surface area contributed by atoms with Crippen LogP contribution in [0.15, 0.2) is 413 Å². The van der Waals surface area contributed by atoms with E-state index in [9.17, 15) is 10.5 Å². The highest BCUT2D eigenvalue weighted by Crippen LogP contribution is 2.52. The molecule has 0 fully saturated rings. The van der Waals surface area contributed by atoms with Gasteiger partial charge in [0, 0.05) is 93.3 Å². The molecule has 12 nitrogen and oxygen atoms in total. The highest BCUT2D eigenvalue weighted by molar-refractivity contribution is 6.28. The molecule has 0 spiro atoms. The molecule has 12 heteroatoms. The fraction of sp³-hybridized carbons (Fsp3) is 0.0252. The van der Waals surface area contributed by atoms with Gasteiger partial charge in [0.05, 0.1) is 66.6 Å². The second-order valence-corrected chi connectivity index (χ2v) is 34.3. The number of benzene rings is 18. The molecule has 18 aromatic carbocycles. The zero-order valence-electron chi connectivity index (χ0n) is 71.1. The molecule has 0 N–H and O–H groups in total. The molecule has 0 amide bonds. The fourth-order valence-corrected chi connectivity index (χ4v) is 20.4. The van der Waals surface area contributed by atoms with Gasteiger partial charge in [-0.2, -0.15) is 10.5 Å². The minimum absolute atomic E-state index is 0.186. The molecule has 0 saturated heterocycles. The molecule has 6 aromatic heterocycles. The smallest absolute Gasteiger partial charge is 0.164 e. The van der Waals surface area contributed by atoms with E-state index in [0.29, 0.717) is 57.2 Å². The van der Waals surface area contributed by atoms with Crippen molar-refractivity contribution in [3.8, 4) is 159 Å². The maximum atomic E-state index is 11.6. The Labute approximate surface area is 753 Å². The van der Waals surface area contributed by atoms with E-state index < -0.39 is 0 Å². The van der Waals surface area contributed by atoms with E-state index in [2.05, 4.69) is 372 Å². The summed E-state index contributed by atoms with van der Waals surface area (Å²) >= 11 is 0. The second-order valence-electron chi connectivity index (χ2n) is 34.3. The first-order chi connectivity index (χ1) is 64.6. The summed E-state index contributed by atoms with van der Waals surface area (Å²) in [6.45, 7) is 4.67. The fourth-order valence-electron chi connectivity index (χ4n) is 20.4. The van der Waals surface area contributed by atoms with Gasteiger partial charge in [-0.05, 0) is 182 Å². The summed E-state index contributed by atoms with van der Waals surface area (Å²) in [7, 11) is 0. The van der Waals surface area contributed by atoms with E-state index in [1.807, 2.05) is 84.9 Å².